The Morgan fingerprint density at radius 3 is 2.58 bits per heavy atom. The zero-order valence-corrected chi connectivity index (χ0v) is 12.4. The normalized spacial score (nSPS) is 12.5. The second-order valence-corrected chi connectivity index (χ2v) is 7.67. The Hall–Kier alpha value is -1.33. The van der Waals surface area contributed by atoms with Crippen LogP contribution in [0.4, 0.5) is 0 Å². The highest BCUT2D eigenvalue weighted by Gasteiger charge is 2.20. The van der Waals surface area contributed by atoms with Crippen molar-refractivity contribution in [2.45, 2.75) is 31.4 Å². The second kappa shape index (κ2) is 4.98. The van der Waals surface area contributed by atoms with Crippen molar-refractivity contribution in [2.24, 2.45) is 12.8 Å². The SMILES string of the molecule is CC(C)S(=O)(=O)Cc1cc2cccc(CN)c2n1C. The number of rotatable bonds is 4. The summed E-state index contributed by atoms with van der Waals surface area (Å²) in [6.07, 6.45) is 0. The van der Waals surface area contributed by atoms with Crippen molar-refractivity contribution in [2.75, 3.05) is 0 Å². The maximum Gasteiger partial charge on any atom is 0.158 e. The first-order chi connectivity index (χ1) is 8.86. The van der Waals surface area contributed by atoms with Crippen LogP contribution in [0.1, 0.15) is 25.1 Å². The van der Waals surface area contributed by atoms with E-state index in [2.05, 4.69) is 0 Å². The molecule has 0 aliphatic heterocycles. The van der Waals surface area contributed by atoms with Gasteiger partial charge in [-0.05, 0) is 25.5 Å². The molecule has 2 rings (SSSR count). The van der Waals surface area contributed by atoms with E-state index in [0.717, 1.165) is 22.2 Å². The molecule has 19 heavy (non-hydrogen) atoms. The minimum atomic E-state index is -3.09. The molecular weight excluding hydrogens is 260 g/mol. The Balaban J connectivity index is 2.55. The van der Waals surface area contributed by atoms with Gasteiger partial charge in [0.2, 0.25) is 0 Å². The van der Waals surface area contributed by atoms with Crippen molar-refractivity contribution in [1.82, 2.24) is 4.57 Å². The van der Waals surface area contributed by atoms with Gasteiger partial charge >= 0.3 is 0 Å². The number of aryl methyl sites for hydroxylation is 1. The fourth-order valence-corrected chi connectivity index (χ4v) is 3.26. The fourth-order valence-electron chi connectivity index (χ4n) is 2.23. The van der Waals surface area contributed by atoms with Crippen molar-refractivity contribution >= 4 is 20.7 Å². The summed E-state index contributed by atoms with van der Waals surface area (Å²) in [7, 11) is -1.20. The van der Waals surface area contributed by atoms with Gasteiger partial charge in [0.15, 0.2) is 9.84 Å². The lowest BCUT2D eigenvalue weighted by Crippen LogP contribution is -2.17. The molecule has 1 aromatic carbocycles. The first-order valence-corrected chi connectivity index (χ1v) is 8.06. The summed E-state index contributed by atoms with van der Waals surface area (Å²) in [6, 6.07) is 7.85. The van der Waals surface area contributed by atoms with Crippen molar-refractivity contribution in [3.05, 3.63) is 35.5 Å². The summed E-state index contributed by atoms with van der Waals surface area (Å²) >= 11 is 0. The highest BCUT2D eigenvalue weighted by molar-refractivity contribution is 7.91. The summed E-state index contributed by atoms with van der Waals surface area (Å²) in [4.78, 5) is 0. The number of para-hydroxylation sites is 1. The van der Waals surface area contributed by atoms with Crippen molar-refractivity contribution < 1.29 is 8.42 Å². The molecule has 104 valence electrons. The molecule has 0 saturated carbocycles. The third-order valence-electron chi connectivity index (χ3n) is 3.53. The highest BCUT2D eigenvalue weighted by atomic mass is 32.2. The molecule has 5 heteroatoms. The van der Waals surface area contributed by atoms with Gasteiger partial charge in [0, 0.05) is 24.7 Å². The summed E-state index contributed by atoms with van der Waals surface area (Å²) in [5.74, 6) is 0.0693. The van der Waals surface area contributed by atoms with Gasteiger partial charge in [0.05, 0.1) is 16.5 Å². The first-order valence-electron chi connectivity index (χ1n) is 6.34. The fraction of sp³-hybridized carbons (Fsp3) is 0.429. The number of fused-ring (bicyclic) bond motifs is 1. The Morgan fingerprint density at radius 2 is 2.00 bits per heavy atom. The molecule has 1 heterocycles. The van der Waals surface area contributed by atoms with E-state index in [4.69, 9.17) is 5.73 Å². The summed E-state index contributed by atoms with van der Waals surface area (Å²) in [6.45, 7) is 3.87. The Kier molecular flexibility index (Phi) is 3.69. The lowest BCUT2D eigenvalue weighted by molar-refractivity contribution is 0.585. The van der Waals surface area contributed by atoms with Crippen LogP contribution in [0.25, 0.3) is 10.9 Å². The van der Waals surface area contributed by atoms with Crippen molar-refractivity contribution in [3.8, 4) is 0 Å². The molecule has 0 unspecified atom stereocenters. The van der Waals surface area contributed by atoms with Gasteiger partial charge in [-0.3, -0.25) is 0 Å². The van der Waals surface area contributed by atoms with Crippen LogP contribution in [0.15, 0.2) is 24.3 Å². The van der Waals surface area contributed by atoms with E-state index in [1.165, 1.54) is 0 Å². The van der Waals surface area contributed by atoms with Gasteiger partial charge in [-0.25, -0.2) is 8.42 Å². The van der Waals surface area contributed by atoms with E-state index in [1.807, 2.05) is 35.9 Å². The van der Waals surface area contributed by atoms with Gasteiger partial charge < -0.3 is 10.3 Å². The Labute approximate surface area is 114 Å². The predicted molar refractivity (Wildman–Crippen MR) is 78.6 cm³/mol. The molecule has 0 aliphatic carbocycles. The van der Waals surface area contributed by atoms with Gasteiger partial charge in [0.25, 0.3) is 0 Å². The van der Waals surface area contributed by atoms with E-state index >= 15 is 0 Å². The molecular formula is C14H20N2O2S. The van der Waals surface area contributed by atoms with Crippen LogP contribution in [0.5, 0.6) is 0 Å². The van der Waals surface area contributed by atoms with E-state index < -0.39 is 9.84 Å². The number of nitrogens with zero attached hydrogens (tertiary/aromatic N) is 1. The first kappa shape index (κ1) is 14.1. The smallest absolute Gasteiger partial charge is 0.158 e. The lowest BCUT2D eigenvalue weighted by atomic mass is 10.1. The van der Waals surface area contributed by atoms with Crippen LogP contribution < -0.4 is 5.73 Å². The monoisotopic (exact) mass is 280 g/mol. The maximum absolute atomic E-state index is 12.0. The minimum absolute atomic E-state index is 0.0693. The van der Waals surface area contributed by atoms with Crippen LogP contribution in [-0.2, 0) is 29.2 Å². The molecule has 2 aromatic rings. The average Bonchev–Trinajstić information content (AvgIpc) is 2.65. The quantitative estimate of drug-likeness (QED) is 0.931. The lowest BCUT2D eigenvalue weighted by Gasteiger charge is -2.09. The molecule has 4 nitrogen and oxygen atoms in total. The molecule has 0 amide bonds. The van der Waals surface area contributed by atoms with Gasteiger partial charge in [-0.1, -0.05) is 18.2 Å². The third kappa shape index (κ3) is 2.53. The molecule has 0 radical (unpaired) electrons. The van der Waals surface area contributed by atoms with Crippen molar-refractivity contribution in [1.29, 1.82) is 0 Å². The second-order valence-electron chi connectivity index (χ2n) is 5.11. The van der Waals surface area contributed by atoms with Gasteiger partial charge in [0.1, 0.15) is 0 Å². The van der Waals surface area contributed by atoms with Crippen LogP contribution in [0.3, 0.4) is 0 Å². The molecule has 0 saturated heterocycles. The molecule has 0 aliphatic rings. The number of hydrogen-bond acceptors (Lipinski definition) is 3. The van der Waals surface area contributed by atoms with E-state index in [0.29, 0.717) is 6.54 Å². The number of nitrogens with two attached hydrogens (primary N) is 1. The molecule has 0 spiro atoms. The Morgan fingerprint density at radius 1 is 1.32 bits per heavy atom. The molecule has 0 bridgehead atoms. The molecule has 0 fully saturated rings. The van der Waals surface area contributed by atoms with Gasteiger partial charge in [-0.15, -0.1) is 0 Å². The number of aromatic nitrogens is 1. The summed E-state index contributed by atoms with van der Waals surface area (Å²) in [5, 5.41) is 0.680. The number of benzene rings is 1. The number of hydrogen-bond donors (Lipinski definition) is 1. The summed E-state index contributed by atoms with van der Waals surface area (Å²) in [5.41, 5.74) is 8.61. The zero-order valence-electron chi connectivity index (χ0n) is 11.6. The predicted octanol–water partition coefficient (Wildman–Crippen LogP) is 1.96. The standard InChI is InChI=1S/C14H20N2O2S/c1-10(2)19(17,18)9-13-7-11-5-4-6-12(8-15)14(11)16(13)3/h4-7,10H,8-9,15H2,1-3H3. The summed E-state index contributed by atoms with van der Waals surface area (Å²) < 4.78 is 26.0. The third-order valence-corrected chi connectivity index (χ3v) is 5.66. The topological polar surface area (TPSA) is 65.1 Å². The van der Waals surface area contributed by atoms with Gasteiger partial charge in [-0.2, -0.15) is 0 Å². The zero-order chi connectivity index (χ0) is 14.2. The molecule has 2 N–H and O–H groups in total. The van der Waals surface area contributed by atoms with Crippen LogP contribution in [-0.4, -0.2) is 18.2 Å². The van der Waals surface area contributed by atoms with Crippen molar-refractivity contribution in [3.63, 3.8) is 0 Å². The Bertz CT molecular complexity index is 700. The largest absolute Gasteiger partial charge is 0.346 e. The van der Waals surface area contributed by atoms with E-state index in [-0.39, 0.29) is 11.0 Å². The number of sulfone groups is 1. The maximum atomic E-state index is 12.0. The van der Waals surface area contributed by atoms with Crippen LogP contribution >= 0.6 is 0 Å². The average molecular weight is 280 g/mol. The van der Waals surface area contributed by atoms with E-state index in [1.54, 1.807) is 13.8 Å². The minimum Gasteiger partial charge on any atom is -0.346 e. The highest BCUT2D eigenvalue weighted by Crippen LogP contribution is 2.24. The molecule has 0 atom stereocenters. The van der Waals surface area contributed by atoms with Crippen LogP contribution in [0.2, 0.25) is 0 Å². The van der Waals surface area contributed by atoms with E-state index in [9.17, 15) is 8.42 Å². The molecule has 1 aromatic heterocycles. The van der Waals surface area contributed by atoms with Crippen LogP contribution in [0, 0.1) is 0 Å².